The topological polar surface area (TPSA) is 99.7 Å². The minimum Gasteiger partial charge on any atom is -0.481 e. The van der Waals surface area contributed by atoms with Gasteiger partial charge in [0.2, 0.25) is 0 Å². The quantitative estimate of drug-likeness (QED) is 0.803. The third-order valence-electron chi connectivity index (χ3n) is 4.50. The van der Waals surface area contributed by atoms with Gasteiger partial charge < -0.3 is 19.7 Å². The number of carboxylic acid groups (broad SMARTS) is 1. The zero-order valence-corrected chi connectivity index (χ0v) is 14.3. The van der Waals surface area contributed by atoms with Crippen LogP contribution in [0.4, 0.5) is 0 Å². The maximum Gasteiger partial charge on any atom is 0.340 e. The normalized spacial score (nSPS) is 15.4. The van der Waals surface area contributed by atoms with Gasteiger partial charge in [0.25, 0.3) is 5.91 Å². The number of hydrogen-bond donors (Lipinski definition) is 2. The molecule has 7 nitrogen and oxygen atoms in total. The number of carbonyl (C=O) groups excluding carboxylic acids is 2. The Morgan fingerprint density at radius 1 is 1.25 bits per heavy atom. The molecule has 132 valence electrons. The number of aromatic amines is 1. The van der Waals surface area contributed by atoms with Gasteiger partial charge in [0, 0.05) is 25.2 Å². The number of hydrogen-bond acceptors (Lipinski definition) is 4. The van der Waals surface area contributed by atoms with Crippen LogP contribution in [-0.2, 0) is 9.53 Å². The van der Waals surface area contributed by atoms with Gasteiger partial charge in [0.05, 0.1) is 12.2 Å². The van der Waals surface area contributed by atoms with Crippen LogP contribution in [0.25, 0.3) is 0 Å². The minimum absolute atomic E-state index is 0.119. The number of piperidine rings is 1. The molecule has 0 bridgehead atoms. The lowest BCUT2D eigenvalue weighted by Crippen LogP contribution is -2.39. The molecule has 1 aromatic rings. The van der Waals surface area contributed by atoms with Gasteiger partial charge in [0.15, 0.2) is 0 Å². The minimum atomic E-state index is -0.797. The number of carboxylic acids is 1. The van der Waals surface area contributed by atoms with Gasteiger partial charge in [-0.1, -0.05) is 0 Å². The van der Waals surface area contributed by atoms with Crippen molar-refractivity contribution in [3.63, 3.8) is 0 Å². The molecule has 2 heterocycles. The molecule has 1 amide bonds. The predicted octanol–water partition coefficient (Wildman–Crippen LogP) is 2.14. The molecule has 1 aliphatic rings. The van der Waals surface area contributed by atoms with E-state index in [1.165, 1.54) is 0 Å². The molecule has 7 heteroatoms. The summed E-state index contributed by atoms with van der Waals surface area (Å²) in [4.78, 5) is 40.2. The van der Waals surface area contributed by atoms with Gasteiger partial charge >= 0.3 is 11.9 Å². The van der Waals surface area contributed by atoms with Crippen molar-refractivity contribution in [3.8, 4) is 0 Å². The van der Waals surface area contributed by atoms with E-state index in [-0.39, 0.29) is 24.9 Å². The van der Waals surface area contributed by atoms with Gasteiger partial charge in [-0.15, -0.1) is 0 Å². The highest BCUT2D eigenvalue weighted by molar-refractivity contribution is 6.00. The standard InChI is InChI=1S/C17H24N2O5/c1-4-24-17(23)14-10(2)15(18-11(14)3)16(22)19-7-5-12(6-8-19)9-13(20)21/h12,18H,4-9H2,1-3H3,(H,20,21). The Balaban J connectivity index is 2.10. The zero-order valence-electron chi connectivity index (χ0n) is 14.3. The molecule has 1 aromatic heterocycles. The number of likely N-dealkylation sites (tertiary alicyclic amines) is 1. The molecule has 0 saturated carbocycles. The summed E-state index contributed by atoms with van der Waals surface area (Å²) in [5.41, 5.74) is 2.05. The second-order valence-electron chi connectivity index (χ2n) is 6.18. The molecule has 0 radical (unpaired) electrons. The van der Waals surface area contributed by atoms with Crippen LogP contribution in [0.3, 0.4) is 0 Å². The third kappa shape index (κ3) is 3.77. The fourth-order valence-corrected chi connectivity index (χ4v) is 3.22. The number of esters is 1. The van der Waals surface area contributed by atoms with Crippen molar-refractivity contribution >= 4 is 17.8 Å². The Bertz CT molecular complexity index is 642. The number of H-pyrrole nitrogens is 1. The van der Waals surface area contributed by atoms with Crippen LogP contribution in [-0.4, -0.2) is 52.5 Å². The lowest BCUT2D eigenvalue weighted by molar-refractivity contribution is -0.138. The highest BCUT2D eigenvalue weighted by Crippen LogP contribution is 2.24. The number of aromatic nitrogens is 1. The molecule has 1 aliphatic heterocycles. The molecule has 1 fully saturated rings. The lowest BCUT2D eigenvalue weighted by atomic mass is 9.93. The molecular formula is C17H24N2O5. The average Bonchev–Trinajstić information content (AvgIpc) is 2.82. The molecule has 0 atom stereocenters. The van der Waals surface area contributed by atoms with Crippen molar-refractivity contribution < 1.29 is 24.2 Å². The van der Waals surface area contributed by atoms with Crippen LogP contribution < -0.4 is 0 Å². The number of aliphatic carboxylic acids is 1. The zero-order chi connectivity index (χ0) is 17.9. The van der Waals surface area contributed by atoms with Crippen LogP contribution in [0.15, 0.2) is 0 Å². The second kappa shape index (κ2) is 7.51. The highest BCUT2D eigenvalue weighted by Gasteiger charge is 2.29. The van der Waals surface area contributed by atoms with Crippen molar-refractivity contribution in [1.29, 1.82) is 0 Å². The van der Waals surface area contributed by atoms with Gasteiger partial charge in [0.1, 0.15) is 5.69 Å². The van der Waals surface area contributed by atoms with E-state index < -0.39 is 11.9 Å². The summed E-state index contributed by atoms with van der Waals surface area (Å²) in [6.45, 7) is 6.56. The smallest absolute Gasteiger partial charge is 0.340 e. The monoisotopic (exact) mass is 336 g/mol. The van der Waals surface area contributed by atoms with Crippen LogP contribution in [0.2, 0.25) is 0 Å². The number of amides is 1. The maximum atomic E-state index is 12.7. The van der Waals surface area contributed by atoms with Crippen LogP contribution in [0.1, 0.15) is 58.3 Å². The number of rotatable bonds is 5. The average molecular weight is 336 g/mol. The van der Waals surface area contributed by atoms with Crippen molar-refractivity contribution in [2.75, 3.05) is 19.7 Å². The first-order valence-electron chi connectivity index (χ1n) is 8.22. The molecule has 24 heavy (non-hydrogen) atoms. The van der Waals surface area contributed by atoms with Crippen LogP contribution in [0, 0.1) is 19.8 Å². The van der Waals surface area contributed by atoms with Gasteiger partial charge in [-0.2, -0.15) is 0 Å². The Labute approximate surface area is 141 Å². The summed E-state index contributed by atoms with van der Waals surface area (Å²) in [5, 5.41) is 8.85. The van der Waals surface area contributed by atoms with Crippen molar-refractivity contribution in [2.45, 2.75) is 40.0 Å². The number of carbonyl (C=O) groups is 3. The van der Waals surface area contributed by atoms with Crippen LogP contribution in [0.5, 0.6) is 0 Å². The first-order chi connectivity index (χ1) is 11.3. The van der Waals surface area contributed by atoms with Gasteiger partial charge in [-0.05, 0) is 45.1 Å². The van der Waals surface area contributed by atoms with Gasteiger partial charge in [-0.3, -0.25) is 9.59 Å². The van der Waals surface area contributed by atoms with E-state index in [4.69, 9.17) is 9.84 Å². The van der Waals surface area contributed by atoms with Crippen LogP contribution >= 0.6 is 0 Å². The van der Waals surface area contributed by atoms with Gasteiger partial charge in [-0.25, -0.2) is 4.79 Å². The van der Waals surface area contributed by atoms with Crippen molar-refractivity contribution in [1.82, 2.24) is 9.88 Å². The van der Waals surface area contributed by atoms with E-state index in [9.17, 15) is 14.4 Å². The first-order valence-corrected chi connectivity index (χ1v) is 8.22. The summed E-state index contributed by atoms with van der Waals surface area (Å²) >= 11 is 0. The Kier molecular flexibility index (Phi) is 5.64. The third-order valence-corrected chi connectivity index (χ3v) is 4.50. The SMILES string of the molecule is CCOC(=O)c1c(C)[nH]c(C(=O)N2CCC(CC(=O)O)CC2)c1C. The first kappa shape index (κ1) is 18.0. The lowest BCUT2D eigenvalue weighted by Gasteiger charge is -2.31. The maximum absolute atomic E-state index is 12.7. The Morgan fingerprint density at radius 3 is 2.42 bits per heavy atom. The van der Waals surface area contributed by atoms with E-state index in [0.717, 1.165) is 0 Å². The molecule has 0 unspecified atom stereocenters. The number of aryl methyl sites for hydroxylation is 1. The van der Waals surface area contributed by atoms with E-state index in [0.29, 0.717) is 48.4 Å². The highest BCUT2D eigenvalue weighted by atomic mass is 16.5. The van der Waals surface area contributed by atoms with E-state index in [1.807, 2.05) is 0 Å². The Hall–Kier alpha value is -2.31. The summed E-state index contributed by atoms with van der Waals surface area (Å²) in [7, 11) is 0. The van der Waals surface area contributed by atoms with E-state index in [1.54, 1.807) is 25.7 Å². The van der Waals surface area contributed by atoms with Crippen molar-refractivity contribution in [2.24, 2.45) is 5.92 Å². The molecular weight excluding hydrogens is 312 g/mol. The summed E-state index contributed by atoms with van der Waals surface area (Å²) in [6, 6.07) is 0. The summed E-state index contributed by atoms with van der Waals surface area (Å²) in [5.74, 6) is -1.26. The molecule has 2 rings (SSSR count). The largest absolute Gasteiger partial charge is 0.481 e. The molecule has 2 N–H and O–H groups in total. The fraction of sp³-hybridized carbons (Fsp3) is 0.588. The van der Waals surface area contributed by atoms with E-state index in [2.05, 4.69) is 4.98 Å². The van der Waals surface area contributed by atoms with Crippen molar-refractivity contribution in [3.05, 3.63) is 22.5 Å². The van der Waals surface area contributed by atoms with E-state index >= 15 is 0 Å². The molecule has 0 spiro atoms. The second-order valence-corrected chi connectivity index (χ2v) is 6.18. The summed E-state index contributed by atoms with van der Waals surface area (Å²) < 4.78 is 5.04. The summed E-state index contributed by atoms with van der Waals surface area (Å²) in [6.07, 6.45) is 1.51. The number of nitrogens with zero attached hydrogens (tertiary/aromatic N) is 1. The molecule has 1 saturated heterocycles. The number of nitrogens with one attached hydrogen (secondary N) is 1. The molecule has 0 aromatic carbocycles. The Morgan fingerprint density at radius 2 is 1.88 bits per heavy atom. The predicted molar refractivity (Wildman–Crippen MR) is 87.1 cm³/mol. The molecule has 0 aliphatic carbocycles. The fourth-order valence-electron chi connectivity index (χ4n) is 3.22. The number of ether oxygens (including phenoxy) is 1.